The van der Waals surface area contributed by atoms with E-state index in [0.717, 1.165) is 38.4 Å². The number of ether oxygens (including phenoxy) is 2. The maximum Gasteiger partial charge on any atom is 0.341 e. The molecule has 1 aromatic carbocycles. The molecule has 0 atom stereocenters. The van der Waals surface area contributed by atoms with E-state index in [-0.39, 0.29) is 11.1 Å². The van der Waals surface area contributed by atoms with Gasteiger partial charge in [-0.05, 0) is 18.6 Å². The molecule has 0 bridgehead atoms. The first-order valence-electron chi connectivity index (χ1n) is 9.65. The van der Waals surface area contributed by atoms with Gasteiger partial charge >= 0.3 is 5.97 Å². The second-order valence-electron chi connectivity index (χ2n) is 7.12. The lowest BCUT2D eigenvalue weighted by Crippen LogP contribution is -2.38. The minimum atomic E-state index is -0.509. The van der Waals surface area contributed by atoms with Crippen molar-refractivity contribution >= 4 is 5.97 Å². The second-order valence-corrected chi connectivity index (χ2v) is 7.12. The van der Waals surface area contributed by atoms with Gasteiger partial charge in [0.15, 0.2) is 0 Å². The van der Waals surface area contributed by atoms with Crippen molar-refractivity contribution in [1.82, 2.24) is 19.2 Å². The van der Waals surface area contributed by atoms with Crippen LogP contribution in [0.25, 0.3) is 16.9 Å². The Bertz CT molecular complexity index is 1050. The van der Waals surface area contributed by atoms with Gasteiger partial charge in [0.05, 0.1) is 31.6 Å². The summed E-state index contributed by atoms with van der Waals surface area (Å²) in [5.74, 6) is -0.509. The molecule has 0 amide bonds. The molecule has 8 heteroatoms. The topological polar surface area (TPSA) is 78.6 Å². The summed E-state index contributed by atoms with van der Waals surface area (Å²) in [4.78, 5) is 27.8. The Kier molecular flexibility index (Phi) is 5.46. The van der Waals surface area contributed by atoms with Crippen molar-refractivity contribution in [2.75, 3.05) is 40.0 Å². The summed E-state index contributed by atoms with van der Waals surface area (Å²) in [6.07, 6.45) is 3.48. The van der Waals surface area contributed by atoms with Gasteiger partial charge in [0.25, 0.3) is 5.56 Å². The number of hydrogen-bond donors (Lipinski definition) is 0. The van der Waals surface area contributed by atoms with E-state index in [1.165, 1.54) is 11.8 Å². The highest BCUT2D eigenvalue weighted by molar-refractivity contribution is 5.96. The molecule has 0 N–H and O–H groups in total. The van der Waals surface area contributed by atoms with E-state index in [9.17, 15) is 9.59 Å². The average Bonchev–Trinajstić information content (AvgIpc) is 3.08. The molecule has 0 radical (unpaired) electrons. The number of benzene rings is 1. The number of para-hydroxylation sites is 1. The zero-order chi connectivity index (χ0) is 20.4. The van der Waals surface area contributed by atoms with Crippen LogP contribution in [0.1, 0.15) is 15.9 Å². The Morgan fingerprint density at radius 3 is 2.66 bits per heavy atom. The summed E-state index contributed by atoms with van der Waals surface area (Å²) in [6.45, 7) is 6.59. The van der Waals surface area contributed by atoms with E-state index >= 15 is 0 Å². The molecule has 152 valence electrons. The van der Waals surface area contributed by atoms with Crippen molar-refractivity contribution in [1.29, 1.82) is 0 Å². The molecule has 29 heavy (non-hydrogen) atoms. The monoisotopic (exact) mass is 396 g/mol. The summed E-state index contributed by atoms with van der Waals surface area (Å²) in [7, 11) is 1.33. The zero-order valence-corrected chi connectivity index (χ0v) is 16.6. The highest BCUT2D eigenvalue weighted by atomic mass is 16.5. The standard InChI is InChI=1S/C21H24N4O4/c1-15-5-3-4-6-18(15)25-20(26)16-13-24(8-7-23-9-11-29-12-10-23)14-17(19(16)22-25)21(27)28-2/h3-6,13-14H,7-12H2,1-2H3. The van der Waals surface area contributed by atoms with Gasteiger partial charge in [-0.2, -0.15) is 9.78 Å². The second kappa shape index (κ2) is 8.18. The van der Waals surface area contributed by atoms with Gasteiger partial charge in [-0.3, -0.25) is 9.69 Å². The predicted octanol–water partition coefficient (Wildman–Crippen LogP) is 1.57. The fourth-order valence-electron chi connectivity index (χ4n) is 3.59. The summed E-state index contributed by atoms with van der Waals surface area (Å²) >= 11 is 0. The fraction of sp³-hybridized carbons (Fsp3) is 0.381. The van der Waals surface area contributed by atoms with E-state index in [1.54, 1.807) is 12.4 Å². The Morgan fingerprint density at radius 2 is 1.93 bits per heavy atom. The van der Waals surface area contributed by atoms with Crippen molar-refractivity contribution in [2.45, 2.75) is 13.5 Å². The van der Waals surface area contributed by atoms with Crippen LogP contribution < -0.4 is 5.56 Å². The van der Waals surface area contributed by atoms with Crippen molar-refractivity contribution in [3.05, 3.63) is 58.1 Å². The van der Waals surface area contributed by atoms with Crippen LogP contribution in [-0.4, -0.2) is 65.2 Å². The Morgan fingerprint density at radius 1 is 1.17 bits per heavy atom. The average molecular weight is 396 g/mol. The molecule has 0 spiro atoms. The maximum atomic E-state index is 13.1. The van der Waals surface area contributed by atoms with Gasteiger partial charge in [0, 0.05) is 38.6 Å². The summed E-state index contributed by atoms with van der Waals surface area (Å²) < 4.78 is 13.6. The summed E-state index contributed by atoms with van der Waals surface area (Å²) in [6, 6.07) is 7.53. The molecule has 0 unspecified atom stereocenters. The fourth-order valence-corrected chi connectivity index (χ4v) is 3.59. The number of esters is 1. The number of nitrogens with zero attached hydrogens (tertiary/aromatic N) is 4. The van der Waals surface area contributed by atoms with E-state index in [2.05, 4.69) is 10.00 Å². The number of hydrogen-bond acceptors (Lipinski definition) is 6. The number of carbonyl (C=O) groups is 1. The molecule has 0 aliphatic carbocycles. The lowest BCUT2D eigenvalue weighted by Gasteiger charge is -2.27. The number of morpholine rings is 1. The lowest BCUT2D eigenvalue weighted by atomic mass is 10.1. The van der Waals surface area contributed by atoms with Crippen LogP contribution in [0.2, 0.25) is 0 Å². The molecule has 0 saturated carbocycles. The van der Waals surface area contributed by atoms with Crippen LogP contribution in [0.5, 0.6) is 0 Å². The van der Waals surface area contributed by atoms with Crippen molar-refractivity contribution < 1.29 is 14.3 Å². The normalized spacial score (nSPS) is 15.0. The largest absolute Gasteiger partial charge is 0.465 e. The lowest BCUT2D eigenvalue weighted by molar-refractivity contribution is 0.0363. The predicted molar refractivity (Wildman–Crippen MR) is 108 cm³/mol. The first kappa shape index (κ1) is 19.4. The van der Waals surface area contributed by atoms with Crippen molar-refractivity contribution in [2.24, 2.45) is 0 Å². The molecule has 0 aromatic heterocycles. The smallest absolute Gasteiger partial charge is 0.341 e. The van der Waals surface area contributed by atoms with Gasteiger partial charge in [0.2, 0.25) is 0 Å². The molecule has 3 aliphatic heterocycles. The summed E-state index contributed by atoms with van der Waals surface area (Å²) in [5.41, 5.74) is 2.42. The Hall–Kier alpha value is -2.97. The number of pyridine rings is 1. The molecule has 4 rings (SSSR count). The number of aryl methyl sites for hydroxylation is 1. The van der Waals surface area contributed by atoms with E-state index in [1.807, 2.05) is 35.8 Å². The van der Waals surface area contributed by atoms with Crippen LogP contribution >= 0.6 is 0 Å². The van der Waals surface area contributed by atoms with Gasteiger partial charge in [-0.1, -0.05) is 18.2 Å². The molecule has 8 nitrogen and oxygen atoms in total. The van der Waals surface area contributed by atoms with Gasteiger partial charge in [0.1, 0.15) is 11.3 Å². The SMILES string of the molecule is COC(=O)c1cn(CCN2CCOCC2)cc2c(=O)n(-c3ccccc3C)nc1-2. The number of aromatic nitrogens is 3. The highest BCUT2D eigenvalue weighted by Crippen LogP contribution is 2.23. The number of rotatable bonds is 5. The Labute approximate surface area is 168 Å². The number of methoxy groups -OCH3 is 1. The first-order valence-corrected chi connectivity index (χ1v) is 9.65. The maximum absolute atomic E-state index is 13.1. The van der Waals surface area contributed by atoms with Crippen LogP contribution in [0, 0.1) is 6.92 Å². The molecular weight excluding hydrogens is 372 g/mol. The zero-order valence-electron chi connectivity index (χ0n) is 16.6. The van der Waals surface area contributed by atoms with Gasteiger partial charge in [-0.25, -0.2) is 4.79 Å². The van der Waals surface area contributed by atoms with E-state index in [0.29, 0.717) is 23.5 Å². The van der Waals surface area contributed by atoms with Gasteiger partial charge < -0.3 is 14.0 Å². The Balaban J connectivity index is 1.76. The number of carbonyl (C=O) groups excluding carboxylic acids is 1. The van der Waals surface area contributed by atoms with Gasteiger partial charge in [-0.15, -0.1) is 0 Å². The molecular formula is C21H24N4O4. The highest BCUT2D eigenvalue weighted by Gasteiger charge is 2.25. The minimum absolute atomic E-state index is 0.250. The van der Waals surface area contributed by atoms with Crippen LogP contribution in [-0.2, 0) is 16.0 Å². The van der Waals surface area contributed by atoms with E-state index < -0.39 is 5.97 Å². The minimum Gasteiger partial charge on any atom is -0.465 e. The van der Waals surface area contributed by atoms with Crippen LogP contribution in [0.15, 0.2) is 41.5 Å². The molecule has 3 heterocycles. The van der Waals surface area contributed by atoms with Crippen LogP contribution in [0.4, 0.5) is 0 Å². The third-order valence-corrected chi connectivity index (χ3v) is 5.25. The quantitative estimate of drug-likeness (QED) is 0.609. The van der Waals surface area contributed by atoms with Crippen molar-refractivity contribution in [3.63, 3.8) is 0 Å². The summed E-state index contributed by atoms with van der Waals surface area (Å²) in [5, 5.41) is 4.47. The van der Waals surface area contributed by atoms with E-state index in [4.69, 9.17) is 9.47 Å². The number of fused-ring (bicyclic) bond motifs is 1. The first-order chi connectivity index (χ1) is 14.1. The molecule has 1 aromatic rings. The van der Waals surface area contributed by atoms with Crippen molar-refractivity contribution in [3.8, 4) is 16.9 Å². The molecule has 1 saturated heterocycles. The third kappa shape index (κ3) is 3.81. The molecule has 3 aliphatic rings. The third-order valence-electron chi connectivity index (χ3n) is 5.25. The van der Waals surface area contributed by atoms with Crippen LogP contribution in [0.3, 0.4) is 0 Å². The molecule has 1 fully saturated rings.